The monoisotopic (exact) mass is 421 g/mol. The van der Waals surface area contributed by atoms with Gasteiger partial charge in [0.25, 0.3) is 0 Å². The lowest BCUT2D eigenvalue weighted by Crippen LogP contribution is -2.48. The number of anilines is 1. The molecule has 162 valence electrons. The van der Waals surface area contributed by atoms with E-state index in [0.717, 1.165) is 32.7 Å². The number of benzene rings is 2. The van der Waals surface area contributed by atoms with E-state index in [0.29, 0.717) is 29.3 Å². The fourth-order valence-electron chi connectivity index (χ4n) is 3.76. The molecule has 2 heterocycles. The van der Waals surface area contributed by atoms with Crippen LogP contribution in [0.1, 0.15) is 22.8 Å². The van der Waals surface area contributed by atoms with E-state index in [1.807, 2.05) is 18.2 Å². The molecule has 31 heavy (non-hydrogen) atoms. The predicted molar refractivity (Wildman–Crippen MR) is 120 cm³/mol. The van der Waals surface area contributed by atoms with Crippen LogP contribution in [0.2, 0.25) is 0 Å². The Morgan fingerprint density at radius 1 is 1.00 bits per heavy atom. The van der Waals surface area contributed by atoms with E-state index in [9.17, 15) is 9.59 Å². The number of carbonyl (C=O) groups is 2. The van der Waals surface area contributed by atoms with Gasteiger partial charge in [-0.1, -0.05) is 42.5 Å². The van der Waals surface area contributed by atoms with Gasteiger partial charge in [0.1, 0.15) is 0 Å². The van der Waals surface area contributed by atoms with Crippen LogP contribution in [0.4, 0.5) is 5.69 Å². The first-order valence-electron chi connectivity index (χ1n) is 10.5. The van der Waals surface area contributed by atoms with Gasteiger partial charge in [-0.05, 0) is 18.6 Å². The topological polar surface area (TPSA) is 71.1 Å². The van der Waals surface area contributed by atoms with Crippen LogP contribution < -0.4 is 14.8 Å². The lowest BCUT2D eigenvalue weighted by Gasteiger charge is -2.33. The number of carbonyl (C=O) groups excluding carboxylic acids is 2. The van der Waals surface area contributed by atoms with Crippen molar-refractivity contribution in [3.8, 4) is 11.5 Å². The zero-order valence-corrected chi connectivity index (χ0v) is 17.7. The largest absolute Gasteiger partial charge is 0.454 e. The lowest BCUT2D eigenvalue weighted by atomic mass is 10.1. The summed E-state index contributed by atoms with van der Waals surface area (Å²) in [6.45, 7) is 6.26. The normalized spacial score (nSPS) is 16.5. The van der Waals surface area contributed by atoms with Gasteiger partial charge in [0.2, 0.25) is 12.7 Å². The molecule has 7 nitrogen and oxygen atoms in total. The van der Waals surface area contributed by atoms with Crippen LogP contribution in [0.5, 0.6) is 11.5 Å². The highest BCUT2D eigenvalue weighted by atomic mass is 16.7. The number of hydrogen-bond donors (Lipinski definition) is 1. The summed E-state index contributed by atoms with van der Waals surface area (Å²) in [5.41, 5.74) is 2.09. The second-order valence-electron chi connectivity index (χ2n) is 7.75. The predicted octanol–water partition coefficient (Wildman–Crippen LogP) is 2.89. The van der Waals surface area contributed by atoms with Gasteiger partial charge in [-0.2, -0.15) is 0 Å². The van der Waals surface area contributed by atoms with E-state index in [1.165, 1.54) is 12.5 Å². The quantitative estimate of drug-likeness (QED) is 0.694. The number of Topliss-reactive ketones (excluding diaryl/α,β-unsaturated/α-hetero) is 1. The van der Waals surface area contributed by atoms with Crippen molar-refractivity contribution in [2.75, 3.05) is 51.4 Å². The number of ketones is 1. The minimum atomic E-state index is -0.140. The Bertz CT molecular complexity index is 966. The molecule has 2 aliphatic rings. The number of rotatable bonds is 7. The number of amides is 1. The Morgan fingerprint density at radius 2 is 1.68 bits per heavy atom. The zero-order valence-electron chi connectivity index (χ0n) is 17.7. The van der Waals surface area contributed by atoms with E-state index in [4.69, 9.17) is 9.47 Å². The molecule has 2 aliphatic heterocycles. The smallest absolute Gasteiger partial charge is 0.238 e. The fourth-order valence-corrected chi connectivity index (χ4v) is 3.76. The molecule has 0 bridgehead atoms. The molecule has 0 saturated carbocycles. The van der Waals surface area contributed by atoms with Crippen LogP contribution in [0, 0.1) is 0 Å². The van der Waals surface area contributed by atoms with Crippen molar-refractivity contribution in [3.05, 3.63) is 59.7 Å². The Balaban J connectivity index is 1.26. The first-order chi connectivity index (χ1) is 15.1. The molecule has 1 fully saturated rings. The number of fused-ring (bicyclic) bond motifs is 1. The molecular weight excluding hydrogens is 394 g/mol. The standard InChI is InChI=1S/C24H27N3O4/c1-18(28)20-14-22-23(31-17-30-22)15-21(20)25-24(29)16-27-12-10-26(11-13-27)9-5-8-19-6-3-2-4-7-19/h2-8,14-15H,9-13,16-17H2,1H3,(H,25,29)/b8-5+. The fraction of sp³-hybridized carbons (Fsp3) is 0.333. The van der Waals surface area contributed by atoms with Crippen LogP contribution in [0.3, 0.4) is 0 Å². The van der Waals surface area contributed by atoms with Crippen molar-refractivity contribution in [2.24, 2.45) is 0 Å². The SMILES string of the molecule is CC(=O)c1cc2c(cc1NC(=O)CN1CCN(C/C=C/c3ccccc3)CC1)OCO2. The van der Waals surface area contributed by atoms with E-state index in [1.54, 1.807) is 12.1 Å². The molecule has 0 spiro atoms. The van der Waals surface area contributed by atoms with Gasteiger partial charge in [0, 0.05) is 44.4 Å². The van der Waals surface area contributed by atoms with Crippen molar-refractivity contribution in [2.45, 2.75) is 6.92 Å². The summed E-state index contributed by atoms with van der Waals surface area (Å²) in [5.74, 6) is 0.794. The van der Waals surface area contributed by atoms with Gasteiger partial charge in [-0.15, -0.1) is 0 Å². The Kier molecular flexibility index (Phi) is 6.64. The molecule has 0 aliphatic carbocycles. The second-order valence-corrected chi connectivity index (χ2v) is 7.75. The average Bonchev–Trinajstić information content (AvgIpc) is 3.22. The first kappa shape index (κ1) is 21.1. The third-order valence-electron chi connectivity index (χ3n) is 5.47. The highest BCUT2D eigenvalue weighted by Gasteiger charge is 2.22. The van der Waals surface area contributed by atoms with Crippen molar-refractivity contribution in [1.82, 2.24) is 9.80 Å². The van der Waals surface area contributed by atoms with Gasteiger partial charge < -0.3 is 14.8 Å². The molecule has 4 rings (SSSR count). The molecule has 0 unspecified atom stereocenters. The molecule has 1 amide bonds. The van der Waals surface area contributed by atoms with Gasteiger partial charge in [-0.3, -0.25) is 19.4 Å². The Hall–Kier alpha value is -3.16. The summed E-state index contributed by atoms with van der Waals surface area (Å²) in [6, 6.07) is 13.5. The van der Waals surface area contributed by atoms with Crippen LogP contribution in [-0.2, 0) is 4.79 Å². The van der Waals surface area contributed by atoms with Crippen LogP contribution in [0.15, 0.2) is 48.5 Å². The summed E-state index contributed by atoms with van der Waals surface area (Å²) in [4.78, 5) is 29.1. The van der Waals surface area contributed by atoms with E-state index >= 15 is 0 Å². The van der Waals surface area contributed by atoms with E-state index < -0.39 is 0 Å². The number of piperazine rings is 1. The first-order valence-corrected chi connectivity index (χ1v) is 10.5. The van der Waals surface area contributed by atoms with Crippen molar-refractivity contribution >= 4 is 23.5 Å². The second kappa shape index (κ2) is 9.76. The molecule has 0 atom stereocenters. The molecule has 2 aromatic carbocycles. The van der Waals surface area contributed by atoms with Gasteiger partial charge in [0.05, 0.1) is 12.2 Å². The summed E-state index contributed by atoms with van der Waals surface area (Å²) in [7, 11) is 0. The number of hydrogen-bond acceptors (Lipinski definition) is 6. The summed E-state index contributed by atoms with van der Waals surface area (Å²) in [6.07, 6.45) is 4.32. The average molecular weight is 421 g/mol. The van der Waals surface area contributed by atoms with Crippen molar-refractivity contribution < 1.29 is 19.1 Å². The van der Waals surface area contributed by atoms with Gasteiger partial charge in [-0.25, -0.2) is 0 Å². The Labute approximate surface area is 182 Å². The van der Waals surface area contributed by atoms with Crippen LogP contribution in [0.25, 0.3) is 6.08 Å². The maximum Gasteiger partial charge on any atom is 0.238 e. The molecule has 7 heteroatoms. The highest BCUT2D eigenvalue weighted by molar-refractivity contribution is 6.05. The van der Waals surface area contributed by atoms with E-state index in [-0.39, 0.29) is 18.5 Å². The van der Waals surface area contributed by atoms with Gasteiger partial charge in [0.15, 0.2) is 17.3 Å². The molecular formula is C24H27N3O4. The van der Waals surface area contributed by atoms with Crippen molar-refractivity contribution in [1.29, 1.82) is 0 Å². The molecule has 2 aromatic rings. The van der Waals surface area contributed by atoms with Crippen molar-refractivity contribution in [3.63, 3.8) is 0 Å². The maximum absolute atomic E-state index is 12.6. The van der Waals surface area contributed by atoms with Crippen LogP contribution >= 0.6 is 0 Å². The van der Waals surface area contributed by atoms with E-state index in [2.05, 4.69) is 39.4 Å². The highest BCUT2D eigenvalue weighted by Crippen LogP contribution is 2.37. The third kappa shape index (κ3) is 5.51. The number of ether oxygens (including phenoxy) is 2. The third-order valence-corrected chi connectivity index (χ3v) is 5.47. The summed E-state index contributed by atoms with van der Waals surface area (Å²) < 4.78 is 10.7. The summed E-state index contributed by atoms with van der Waals surface area (Å²) >= 11 is 0. The van der Waals surface area contributed by atoms with Crippen LogP contribution in [-0.4, -0.2) is 67.6 Å². The molecule has 1 N–H and O–H groups in total. The number of nitrogens with one attached hydrogen (secondary N) is 1. The molecule has 0 aromatic heterocycles. The zero-order chi connectivity index (χ0) is 21.6. The maximum atomic E-state index is 12.6. The molecule has 1 saturated heterocycles. The minimum absolute atomic E-state index is 0.120. The minimum Gasteiger partial charge on any atom is -0.454 e. The number of nitrogens with zero attached hydrogens (tertiary/aromatic N) is 2. The Morgan fingerprint density at radius 3 is 2.39 bits per heavy atom. The molecule has 0 radical (unpaired) electrons. The lowest BCUT2D eigenvalue weighted by molar-refractivity contribution is -0.117. The summed E-state index contributed by atoms with van der Waals surface area (Å²) in [5, 5.41) is 2.87. The van der Waals surface area contributed by atoms with Gasteiger partial charge >= 0.3 is 0 Å².